The molecule has 4 nitrogen and oxygen atoms in total. The number of aliphatic hydroxyl groups excluding tert-OH is 1. The largest absolute Gasteiger partial charge is 0.394 e. The van der Waals surface area contributed by atoms with Gasteiger partial charge >= 0.3 is 0 Å². The van der Waals surface area contributed by atoms with Gasteiger partial charge in [-0.15, -0.1) is 0 Å². The highest BCUT2D eigenvalue weighted by Crippen LogP contribution is 2.22. The first-order valence-electron chi connectivity index (χ1n) is 4.14. The van der Waals surface area contributed by atoms with Crippen LogP contribution in [0.4, 0.5) is 0 Å². The van der Waals surface area contributed by atoms with Crippen LogP contribution in [0.1, 0.15) is 13.8 Å². The van der Waals surface area contributed by atoms with E-state index in [9.17, 15) is 0 Å². The number of aliphatic hydroxyl groups is 1. The molecule has 0 bridgehead atoms. The topological polar surface area (TPSA) is 47.9 Å². The van der Waals surface area contributed by atoms with Gasteiger partial charge in [0.2, 0.25) is 0 Å². The van der Waals surface area contributed by atoms with Crippen LogP contribution in [0, 0.1) is 0 Å². The molecular weight excluding hydrogens is 160 g/mol. The van der Waals surface area contributed by atoms with Crippen molar-refractivity contribution in [2.24, 2.45) is 0 Å². The van der Waals surface area contributed by atoms with E-state index < -0.39 is 5.79 Å². The highest BCUT2D eigenvalue weighted by Gasteiger charge is 2.32. The van der Waals surface area contributed by atoms with Crippen molar-refractivity contribution in [3.8, 4) is 0 Å². The lowest BCUT2D eigenvalue weighted by atomic mass is 10.4. The fourth-order valence-corrected chi connectivity index (χ4v) is 1.12. The number of ether oxygens (including phenoxy) is 3. The lowest BCUT2D eigenvalue weighted by molar-refractivity contribution is -0.145. The van der Waals surface area contributed by atoms with Crippen LogP contribution >= 0.6 is 0 Å². The van der Waals surface area contributed by atoms with E-state index in [4.69, 9.17) is 19.3 Å². The van der Waals surface area contributed by atoms with Crippen LogP contribution in [0.5, 0.6) is 0 Å². The third-order valence-electron chi connectivity index (χ3n) is 1.61. The summed E-state index contributed by atoms with van der Waals surface area (Å²) in [5.41, 5.74) is 0. The molecule has 0 aromatic rings. The second-order valence-electron chi connectivity index (χ2n) is 3.25. The number of rotatable bonds is 4. The van der Waals surface area contributed by atoms with Gasteiger partial charge in [-0.1, -0.05) is 0 Å². The molecule has 1 heterocycles. The lowest BCUT2D eigenvalue weighted by Gasteiger charge is -2.16. The molecule has 1 saturated heterocycles. The molecular formula is C8H16O4. The van der Waals surface area contributed by atoms with Gasteiger partial charge in [0, 0.05) is 0 Å². The summed E-state index contributed by atoms with van der Waals surface area (Å²) in [5.74, 6) is -0.479. The first kappa shape index (κ1) is 9.92. The molecule has 0 aromatic carbocycles. The Kier molecular flexibility index (Phi) is 3.46. The van der Waals surface area contributed by atoms with Gasteiger partial charge in [-0.3, -0.25) is 0 Å². The molecule has 1 N–H and O–H groups in total. The Morgan fingerprint density at radius 1 is 1.58 bits per heavy atom. The van der Waals surface area contributed by atoms with E-state index in [2.05, 4.69) is 0 Å². The molecule has 1 fully saturated rings. The van der Waals surface area contributed by atoms with E-state index in [1.165, 1.54) is 0 Å². The molecule has 0 aromatic heterocycles. The Labute approximate surface area is 72.4 Å². The minimum absolute atomic E-state index is 0.00606. The molecule has 0 radical (unpaired) electrons. The van der Waals surface area contributed by atoms with Gasteiger partial charge in [-0.25, -0.2) is 0 Å². The smallest absolute Gasteiger partial charge is 0.163 e. The zero-order valence-electron chi connectivity index (χ0n) is 7.58. The van der Waals surface area contributed by atoms with Gasteiger partial charge < -0.3 is 19.3 Å². The summed E-state index contributed by atoms with van der Waals surface area (Å²) in [7, 11) is 0. The minimum atomic E-state index is -0.479. The minimum Gasteiger partial charge on any atom is -0.394 e. The molecule has 72 valence electrons. The summed E-state index contributed by atoms with van der Waals surface area (Å²) in [4.78, 5) is 0. The van der Waals surface area contributed by atoms with Gasteiger partial charge in [-0.05, 0) is 13.8 Å². The quantitative estimate of drug-likeness (QED) is 0.619. The Morgan fingerprint density at radius 2 is 2.33 bits per heavy atom. The average molecular weight is 176 g/mol. The van der Waals surface area contributed by atoms with Crippen LogP contribution in [0.15, 0.2) is 0 Å². The summed E-state index contributed by atoms with van der Waals surface area (Å²) in [6.07, 6.45) is 0.00606. The summed E-state index contributed by atoms with van der Waals surface area (Å²) in [6.45, 7) is 5.22. The third kappa shape index (κ3) is 3.06. The van der Waals surface area contributed by atoms with Gasteiger partial charge in [0.25, 0.3) is 0 Å². The van der Waals surface area contributed by atoms with Crippen LogP contribution in [0.25, 0.3) is 0 Å². The monoisotopic (exact) mass is 176 g/mol. The van der Waals surface area contributed by atoms with Crippen LogP contribution in [0.2, 0.25) is 0 Å². The maximum Gasteiger partial charge on any atom is 0.163 e. The van der Waals surface area contributed by atoms with Gasteiger partial charge in [0.15, 0.2) is 5.79 Å². The zero-order valence-corrected chi connectivity index (χ0v) is 7.58. The van der Waals surface area contributed by atoms with Crippen LogP contribution < -0.4 is 0 Å². The standard InChI is InChI=1S/C8H16O4/c1-8(2)11-6-7(12-8)5-10-4-3-9/h7,9H,3-6H2,1-2H3/t7-/m0/s1. The van der Waals surface area contributed by atoms with E-state index in [0.29, 0.717) is 19.8 Å². The van der Waals surface area contributed by atoms with Gasteiger partial charge in [-0.2, -0.15) is 0 Å². The molecule has 0 saturated carbocycles. The lowest BCUT2D eigenvalue weighted by Crippen LogP contribution is -2.24. The van der Waals surface area contributed by atoms with E-state index >= 15 is 0 Å². The molecule has 0 amide bonds. The summed E-state index contributed by atoms with van der Waals surface area (Å²) >= 11 is 0. The first-order chi connectivity index (χ1) is 5.64. The van der Waals surface area contributed by atoms with E-state index in [-0.39, 0.29) is 12.7 Å². The van der Waals surface area contributed by atoms with Crippen molar-refractivity contribution in [3.63, 3.8) is 0 Å². The van der Waals surface area contributed by atoms with Crippen molar-refractivity contribution in [1.82, 2.24) is 0 Å². The van der Waals surface area contributed by atoms with Crippen LogP contribution in [-0.4, -0.2) is 43.4 Å². The predicted octanol–water partition coefficient (Wildman–Crippen LogP) is 0.147. The molecule has 0 aliphatic carbocycles. The maximum absolute atomic E-state index is 8.45. The van der Waals surface area contributed by atoms with E-state index in [1.807, 2.05) is 13.8 Å². The Bertz CT molecular complexity index is 135. The van der Waals surface area contributed by atoms with Crippen molar-refractivity contribution in [1.29, 1.82) is 0 Å². The summed E-state index contributed by atoms with van der Waals surface area (Å²) < 4.78 is 15.9. The number of hydrogen-bond acceptors (Lipinski definition) is 4. The Hall–Kier alpha value is -0.160. The fraction of sp³-hybridized carbons (Fsp3) is 1.00. The average Bonchev–Trinajstić information content (AvgIpc) is 2.31. The second-order valence-corrected chi connectivity index (χ2v) is 3.25. The summed E-state index contributed by atoms with van der Waals surface area (Å²) in [5, 5.41) is 8.45. The van der Waals surface area contributed by atoms with Gasteiger partial charge in [0.05, 0.1) is 26.4 Å². The predicted molar refractivity (Wildman–Crippen MR) is 42.8 cm³/mol. The number of hydrogen-bond donors (Lipinski definition) is 1. The van der Waals surface area contributed by atoms with Gasteiger partial charge in [0.1, 0.15) is 6.10 Å². The molecule has 0 spiro atoms. The van der Waals surface area contributed by atoms with Crippen molar-refractivity contribution < 1.29 is 19.3 Å². The molecule has 4 heteroatoms. The van der Waals surface area contributed by atoms with E-state index in [0.717, 1.165) is 0 Å². The zero-order chi connectivity index (χ0) is 9.03. The third-order valence-corrected chi connectivity index (χ3v) is 1.61. The molecule has 1 rings (SSSR count). The van der Waals surface area contributed by atoms with Crippen LogP contribution in [-0.2, 0) is 14.2 Å². The summed E-state index contributed by atoms with van der Waals surface area (Å²) in [6, 6.07) is 0. The fourth-order valence-electron chi connectivity index (χ4n) is 1.12. The highest BCUT2D eigenvalue weighted by molar-refractivity contribution is 4.69. The molecule has 1 atom stereocenters. The molecule has 12 heavy (non-hydrogen) atoms. The maximum atomic E-state index is 8.45. The normalized spacial score (nSPS) is 27.8. The van der Waals surface area contributed by atoms with E-state index in [1.54, 1.807) is 0 Å². The molecule has 1 aliphatic rings. The SMILES string of the molecule is CC1(C)OC[C@H](COCCO)O1. The highest BCUT2D eigenvalue weighted by atomic mass is 16.7. The molecule has 1 aliphatic heterocycles. The van der Waals surface area contributed by atoms with Crippen molar-refractivity contribution in [3.05, 3.63) is 0 Å². The Balaban J connectivity index is 2.11. The second kappa shape index (κ2) is 4.18. The Morgan fingerprint density at radius 3 is 2.83 bits per heavy atom. The molecule has 0 unspecified atom stereocenters. The van der Waals surface area contributed by atoms with Crippen molar-refractivity contribution in [2.45, 2.75) is 25.7 Å². The van der Waals surface area contributed by atoms with Crippen molar-refractivity contribution >= 4 is 0 Å². The van der Waals surface area contributed by atoms with Crippen molar-refractivity contribution in [2.75, 3.05) is 26.4 Å². The first-order valence-corrected chi connectivity index (χ1v) is 4.14. The van der Waals surface area contributed by atoms with Crippen LogP contribution in [0.3, 0.4) is 0 Å².